The second-order valence-corrected chi connectivity index (χ2v) is 5.14. The predicted octanol–water partition coefficient (Wildman–Crippen LogP) is 2.01. The maximum Gasteiger partial charge on any atom is 0.252 e. The van der Waals surface area contributed by atoms with Crippen molar-refractivity contribution >= 4 is 17.7 Å². The lowest BCUT2D eigenvalue weighted by atomic mass is 10.1. The van der Waals surface area contributed by atoms with Gasteiger partial charge in [-0.2, -0.15) is 11.8 Å². The van der Waals surface area contributed by atoms with Gasteiger partial charge < -0.3 is 11.1 Å². The lowest BCUT2D eigenvalue weighted by molar-refractivity contribution is 0.0940. The van der Waals surface area contributed by atoms with Crippen molar-refractivity contribution in [2.75, 3.05) is 18.6 Å². The number of nitrogens with two attached hydrogens (primary N) is 1. The van der Waals surface area contributed by atoms with Gasteiger partial charge in [-0.1, -0.05) is 18.8 Å². The average molecular weight is 294 g/mol. The van der Waals surface area contributed by atoms with Gasteiger partial charge in [-0.05, 0) is 30.9 Å². The van der Waals surface area contributed by atoms with Gasteiger partial charge in [-0.15, -0.1) is 0 Å². The van der Waals surface area contributed by atoms with E-state index in [1.54, 1.807) is 11.8 Å². The fraction of sp³-hybridized carbons (Fsp3) is 0.400. The Morgan fingerprint density at radius 1 is 1.55 bits per heavy atom. The van der Waals surface area contributed by atoms with E-state index in [0.29, 0.717) is 11.1 Å². The van der Waals surface area contributed by atoms with Crippen molar-refractivity contribution in [1.82, 2.24) is 5.32 Å². The molecule has 1 aromatic carbocycles. The summed E-state index contributed by atoms with van der Waals surface area (Å²) < 4.78 is 13.3. The van der Waals surface area contributed by atoms with E-state index in [9.17, 15) is 9.18 Å². The Labute approximate surface area is 123 Å². The van der Waals surface area contributed by atoms with Crippen molar-refractivity contribution in [3.8, 4) is 11.8 Å². The first-order chi connectivity index (χ1) is 9.62. The van der Waals surface area contributed by atoms with E-state index in [2.05, 4.69) is 17.2 Å². The van der Waals surface area contributed by atoms with Gasteiger partial charge in [0.1, 0.15) is 5.82 Å². The molecular weight excluding hydrogens is 275 g/mol. The highest BCUT2D eigenvalue weighted by molar-refractivity contribution is 7.98. The fourth-order valence-corrected chi connectivity index (χ4v) is 2.41. The van der Waals surface area contributed by atoms with Gasteiger partial charge in [0, 0.05) is 17.4 Å². The van der Waals surface area contributed by atoms with E-state index in [4.69, 9.17) is 5.73 Å². The van der Waals surface area contributed by atoms with Crippen LogP contribution in [-0.4, -0.2) is 30.5 Å². The van der Waals surface area contributed by atoms with Gasteiger partial charge in [0.15, 0.2) is 0 Å². The Kier molecular flexibility index (Phi) is 7.13. The van der Waals surface area contributed by atoms with Crippen LogP contribution in [0.25, 0.3) is 0 Å². The SMILES string of the molecule is CCC(CSC)NC(=O)c1ccc(F)cc1C#CCN. The number of benzene rings is 1. The molecule has 0 saturated heterocycles. The Hall–Kier alpha value is -1.51. The van der Waals surface area contributed by atoms with Crippen LogP contribution in [0.2, 0.25) is 0 Å². The summed E-state index contributed by atoms with van der Waals surface area (Å²) in [4.78, 5) is 12.2. The Morgan fingerprint density at radius 2 is 2.30 bits per heavy atom. The summed E-state index contributed by atoms with van der Waals surface area (Å²) in [7, 11) is 0. The third-order valence-corrected chi connectivity index (χ3v) is 3.48. The normalized spacial score (nSPS) is 11.4. The topological polar surface area (TPSA) is 55.1 Å². The molecule has 0 bridgehead atoms. The number of amides is 1. The number of rotatable bonds is 5. The molecule has 0 fully saturated rings. The summed E-state index contributed by atoms with van der Waals surface area (Å²) in [5, 5.41) is 2.94. The number of carbonyl (C=O) groups excluding carboxylic acids is 1. The van der Waals surface area contributed by atoms with Crippen LogP contribution in [0.5, 0.6) is 0 Å². The maximum atomic E-state index is 13.3. The molecule has 0 aliphatic heterocycles. The van der Waals surface area contributed by atoms with Crippen LogP contribution < -0.4 is 11.1 Å². The first-order valence-corrected chi connectivity index (χ1v) is 7.80. The number of hydrogen-bond donors (Lipinski definition) is 2. The van der Waals surface area contributed by atoms with Gasteiger partial charge in [-0.25, -0.2) is 4.39 Å². The van der Waals surface area contributed by atoms with Crippen molar-refractivity contribution in [2.45, 2.75) is 19.4 Å². The number of hydrogen-bond acceptors (Lipinski definition) is 3. The highest BCUT2D eigenvalue weighted by Crippen LogP contribution is 2.11. The van der Waals surface area contributed by atoms with Crippen molar-refractivity contribution in [3.63, 3.8) is 0 Å². The average Bonchev–Trinajstić information content (AvgIpc) is 2.44. The minimum absolute atomic E-state index is 0.0953. The van der Waals surface area contributed by atoms with Gasteiger partial charge in [0.25, 0.3) is 5.91 Å². The zero-order valence-electron chi connectivity index (χ0n) is 11.7. The second-order valence-electron chi connectivity index (χ2n) is 4.23. The second kappa shape index (κ2) is 8.62. The lowest BCUT2D eigenvalue weighted by Gasteiger charge is -2.16. The smallest absolute Gasteiger partial charge is 0.252 e. The molecule has 3 nitrogen and oxygen atoms in total. The summed E-state index contributed by atoms with van der Waals surface area (Å²) in [5.41, 5.74) is 6.06. The number of halogens is 1. The van der Waals surface area contributed by atoms with Crippen molar-refractivity contribution in [2.24, 2.45) is 5.73 Å². The summed E-state index contributed by atoms with van der Waals surface area (Å²) in [6.07, 6.45) is 2.84. The predicted molar refractivity (Wildman–Crippen MR) is 82.3 cm³/mol. The molecule has 1 unspecified atom stereocenters. The molecule has 0 aliphatic rings. The van der Waals surface area contributed by atoms with Crippen LogP contribution in [0.1, 0.15) is 29.3 Å². The quantitative estimate of drug-likeness (QED) is 0.817. The monoisotopic (exact) mass is 294 g/mol. The standard InChI is InChI=1S/C15H19FN2OS/c1-3-13(10-20-2)18-15(19)14-7-6-12(16)9-11(14)5-4-8-17/h6-7,9,13H,3,8,10,17H2,1-2H3,(H,18,19). The van der Waals surface area contributed by atoms with E-state index in [1.165, 1.54) is 18.2 Å². The molecule has 0 spiro atoms. The molecule has 3 N–H and O–H groups in total. The molecule has 20 heavy (non-hydrogen) atoms. The third-order valence-electron chi connectivity index (χ3n) is 2.75. The number of carbonyl (C=O) groups is 1. The van der Waals surface area contributed by atoms with E-state index >= 15 is 0 Å². The zero-order chi connectivity index (χ0) is 15.0. The fourth-order valence-electron chi connectivity index (χ4n) is 1.69. The Balaban J connectivity index is 2.97. The molecular formula is C15H19FN2OS. The van der Waals surface area contributed by atoms with E-state index in [0.717, 1.165) is 12.2 Å². The zero-order valence-corrected chi connectivity index (χ0v) is 12.5. The van der Waals surface area contributed by atoms with Gasteiger partial charge in [0.2, 0.25) is 0 Å². The largest absolute Gasteiger partial charge is 0.348 e. The van der Waals surface area contributed by atoms with E-state index in [-0.39, 0.29) is 18.5 Å². The number of nitrogens with one attached hydrogen (secondary N) is 1. The minimum atomic E-state index is -0.418. The minimum Gasteiger partial charge on any atom is -0.348 e. The van der Waals surface area contributed by atoms with E-state index < -0.39 is 5.82 Å². The van der Waals surface area contributed by atoms with Crippen LogP contribution in [-0.2, 0) is 0 Å². The lowest BCUT2D eigenvalue weighted by Crippen LogP contribution is -2.36. The highest BCUT2D eigenvalue weighted by Gasteiger charge is 2.15. The Morgan fingerprint density at radius 3 is 2.90 bits per heavy atom. The van der Waals surface area contributed by atoms with Crippen molar-refractivity contribution < 1.29 is 9.18 Å². The van der Waals surface area contributed by atoms with Gasteiger partial charge in [0.05, 0.1) is 12.1 Å². The molecule has 1 rings (SSSR count). The van der Waals surface area contributed by atoms with Crippen LogP contribution in [0.15, 0.2) is 18.2 Å². The molecule has 0 aromatic heterocycles. The van der Waals surface area contributed by atoms with E-state index in [1.807, 2.05) is 13.2 Å². The summed E-state index contributed by atoms with van der Waals surface area (Å²) in [6.45, 7) is 2.18. The Bertz CT molecular complexity index is 522. The summed E-state index contributed by atoms with van der Waals surface area (Å²) in [5.74, 6) is 5.58. The third kappa shape index (κ3) is 4.87. The van der Waals surface area contributed by atoms with Crippen molar-refractivity contribution in [1.29, 1.82) is 0 Å². The molecule has 0 saturated carbocycles. The molecule has 0 aliphatic carbocycles. The van der Waals surface area contributed by atoms with Crippen LogP contribution in [0.4, 0.5) is 4.39 Å². The first-order valence-electron chi connectivity index (χ1n) is 6.40. The first kappa shape index (κ1) is 16.5. The summed E-state index contributed by atoms with van der Waals surface area (Å²) >= 11 is 1.67. The molecule has 5 heteroatoms. The molecule has 1 atom stereocenters. The van der Waals surface area contributed by atoms with Crippen molar-refractivity contribution in [3.05, 3.63) is 35.1 Å². The van der Waals surface area contributed by atoms with Crippen LogP contribution in [0.3, 0.4) is 0 Å². The molecule has 0 radical (unpaired) electrons. The summed E-state index contributed by atoms with van der Waals surface area (Å²) in [6, 6.07) is 4.07. The number of thioether (sulfide) groups is 1. The molecule has 1 amide bonds. The highest BCUT2D eigenvalue weighted by atomic mass is 32.2. The van der Waals surface area contributed by atoms with Gasteiger partial charge >= 0.3 is 0 Å². The molecule has 0 heterocycles. The maximum absolute atomic E-state index is 13.3. The van der Waals surface area contributed by atoms with Crippen LogP contribution >= 0.6 is 11.8 Å². The molecule has 108 valence electrons. The van der Waals surface area contributed by atoms with Gasteiger partial charge in [-0.3, -0.25) is 4.79 Å². The molecule has 1 aromatic rings. The van der Waals surface area contributed by atoms with Crippen LogP contribution in [0, 0.1) is 17.7 Å².